The lowest BCUT2D eigenvalue weighted by Crippen LogP contribution is -2.33. The molecule has 1 unspecified atom stereocenters. The number of halogens is 10. The summed E-state index contributed by atoms with van der Waals surface area (Å²) in [5.41, 5.74) is 14.7. The summed E-state index contributed by atoms with van der Waals surface area (Å²) in [7, 11) is 5.43. The molecule has 0 saturated heterocycles. The second-order valence-electron chi connectivity index (χ2n) is 13.8. The molecule has 1 aliphatic heterocycles. The molecule has 3 aromatic heterocycles. The summed E-state index contributed by atoms with van der Waals surface area (Å²) >= 11 is 17.0. The van der Waals surface area contributed by atoms with Crippen LogP contribution in [0.15, 0.2) is 120 Å². The number of benzene rings is 3. The summed E-state index contributed by atoms with van der Waals surface area (Å²) in [5.74, 6) is -4.36. The van der Waals surface area contributed by atoms with Crippen LogP contribution in [0.5, 0.6) is 17.6 Å². The molecule has 6 N–H and O–H groups in total. The highest BCUT2D eigenvalue weighted by atomic mass is 79.9. The van der Waals surface area contributed by atoms with Gasteiger partial charge in [0.05, 0.1) is 51.2 Å². The van der Waals surface area contributed by atoms with Crippen LogP contribution in [0.4, 0.5) is 26.3 Å². The number of carbonyl (C=O) groups excluding carboxylic acids is 2. The minimum atomic E-state index is -0.972. The number of amidine groups is 3. The van der Waals surface area contributed by atoms with Gasteiger partial charge >= 0.3 is 0 Å². The lowest BCUT2D eigenvalue weighted by atomic mass is 10.1. The number of pyridine rings is 3. The third-order valence-corrected chi connectivity index (χ3v) is 11.2. The number of aromatic nitrogens is 3. The lowest BCUT2D eigenvalue weighted by molar-refractivity contribution is 0.0613. The van der Waals surface area contributed by atoms with Crippen molar-refractivity contribution in [2.45, 2.75) is 6.04 Å². The third-order valence-electron chi connectivity index (χ3n) is 8.86. The molecular weight excluding hydrogens is 1300 g/mol. The highest BCUT2D eigenvalue weighted by molar-refractivity contribution is 9.11. The predicted octanol–water partition coefficient (Wildman–Crippen LogP) is 10.3. The van der Waals surface area contributed by atoms with E-state index in [0.29, 0.717) is 60.4 Å². The Balaban J connectivity index is 0.000000269. The SMILES string of the molecule is COc1nc(/C(N)=N/O)ccc1Br.COc1nc(/C(N)=N/OCC(=O)c2ccc(F)cc2F)ccc1Br.COc1nc(C2=NC(c3ccc(F)cc3F)CON2)ccc1Br.CP=S.O=C(CBr)c1ccc(F)cc1F. The van der Waals surface area contributed by atoms with Crippen molar-refractivity contribution >= 4 is 112 Å². The molecule has 4 heterocycles. The molecular formula is C46H40Br4F6N9O8PS. The van der Waals surface area contributed by atoms with Gasteiger partial charge in [0, 0.05) is 23.8 Å². The number of rotatable bonds is 13. The molecule has 0 radical (unpaired) electrons. The maximum Gasteiger partial charge on any atom is 0.228 e. The van der Waals surface area contributed by atoms with E-state index in [1.807, 2.05) is 6.66 Å². The maximum absolute atomic E-state index is 13.9. The van der Waals surface area contributed by atoms with E-state index in [1.54, 1.807) is 36.4 Å². The minimum absolute atomic E-state index is 0.0373. The molecule has 1 aliphatic rings. The zero-order chi connectivity index (χ0) is 55.8. The van der Waals surface area contributed by atoms with Crippen LogP contribution in [0, 0.1) is 34.9 Å². The fourth-order valence-electron chi connectivity index (χ4n) is 5.41. The molecule has 29 heteroatoms. The van der Waals surface area contributed by atoms with Gasteiger partial charge in [0.15, 0.2) is 29.9 Å². The second kappa shape index (κ2) is 32.3. The number of nitrogens with zero attached hydrogens (tertiary/aromatic N) is 6. The van der Waals surface area contributed by atoms with Crippen molar-refractivity contribution in [2.75, 3.05) is 46.5 Å². The summed E-state index contributed by atoms with van der Waals surface area (Å²) < 4.78 is 95.5. The second-order valence-corrected chi connectivity index (χ2v) is 18.4. The largest absolute Gasteiger partial charge is 0.480 e. The van der Waals surface area contributed by atoms with Crippen LogP contribution < -0.4 is 31.2 Å². The summed E-state index contributed by atoms with van der Waals surface area (Å²) in [5, 5.41) is 14.8. The van der Waals surface area contributed by atoms with Crippen molar-refractivity contribution in [3.8, 4) is 17.6 Å². The Morgan fingerprint density at radius 1 is 0.720 bits per heavy atom. The van der Waals surface area contributed by atoms with Crippen molar-refractivity contribution in [2.24, 2.45) is 26.8 Å². The van der Waals surface area contributed by atoms with Crippen molar-refractivity contribution < 1.29 is 65.0 Å². The van der Waals surface area contributed by atoms with E-state index in [9.17, 15) is 35.9 Å². The molecule has 17 nitrogen and oxygen atoms in total. The van der Waals surface area contributed by atoms with Crippen LogP contribution >= 0.6 is 71.1 Å². The lowest BCUT2D eigenvalue weighted by Gasteiger charge is -2.22. The van der Waals surface area contributed by atoms with Crippen molar-refractivity contribution in [3.05, 3.63) is 173 Å². The summed E-state index contributed by atoms with van der Waals surface area (Å²) in [6.07, 6.45) is 0. The number of aliphatic imine (C=N–C) groups is 1. The normalized spacial score (nSPS) is 12.8. The van der Waals surface area contributed by atoms with Gasteiger partial charge in [0.2, 0.25) is 23.4 Å². The highest BCUT2D eigenvalue weighted by Gasteiger charge is 2.23. The molecule has 3 aromatic carbocycles. The van der Waals surface area contributed by atoms with Gasteiger partial charge in [-0.3, -0.25) is 19.4 Å². The number of oxime groups is 2. The first-order valence-corrected chi connectivity index (χ1v) is 26.3. The number of hydrogen-bond donors (Lipinski definition) is 4. The van der Waals surface area contributed by atoms with Crippen LogP contribution in [-0.4, -0.2) is 95.8 Å². The first-order chi connectivity index (χ1) is 35.7. The summed E-state index contributed by atoms with van der Waals surface area (Å²) in [6, 6.07) is 18.3. The van der Waals surface area contributed by atoms with Crippen LogP contribution in [-0.2, 0) is 21.5 Å². The molecule has 0 saturated carbocycles. The van der Waals surface area contributed by atoms with Crippen molar-refractivity contribution in [1.29, 1.82) is 0 Å². The van der Waals surface area contributed by atoms with E-state index in [2.05, 4.69) is 111 Å². The molecule has 0 spiro atoms. The van der Waals surface area contributed by atoms with Gasteiger partial charge in [-0.2, -0.15) is 0 Å². The Labute approximate surface area is 464 Å². The average Bonchev–Trinajstić information content (AvgIpc) is 3.39. The first-order valence-electron chi connectivity index (χ1n) is 20.5. The van der Waals surface area contributed by atoms with Crippen LogP contribution in [0.2, 0.25) is 0 Å². The molecule has 0 amide bonds. The van der Waals surface area contributed by atoms with Gasteiger partial charge in [-0.15, -0.1) is 0 Å². The Bertz CT molecular complexity index is 3050. The quantitative estimate of drug-likeness (QED) is 0.0123. The number of hydrogen-bond acceptors (Lipinski definition) is 16. The predicted molar refractivity (Wildman–Crippen MR) is 285 cm³/mol. The van der Waals surface area contributed by atoms with Crippen LogP contribution in [0.1, 0.15) is 49.4 Å². The van der Waals surface area contributed by atoms with Gasteiger partial charge < -0.3 is 35.7 Å². The molecule has 0 fully saturated rings. The number of nitrogens with two attached hydrogens (primary N) is 2. The topological polar surface area (TPSA) is 240 Å². The monoisotopic (exact) mass is 1340 g/mol. The number of hydroxylamine groups is 1. The molecule has 0 bridgehead atoms. The zero-order valence-electron chi connectivity index (χ0n) is 39.1. The van der Waals surface area contributed by atoms with Crippen molar-refractivity contribution in [1.82, 2.24) is 20.4 Å². The molecule has 6 aromatic rings. The van der Waals surface area contributed by atoms with E-state index in [-0.39, 0.29) is 46.0 Å². The van der Waals surface area contributed by atoms with E-state index < -0.39 is 59.1 Å². The Morgan fingerprint density at radius 3 is 1.64 bits per heavy atom. The van der Waals surface area contributed by atoms with Crippen LogP contribution in [0.3, 0.4) is 0 Å². The highest BCUT2D eigenvalue weighted by Crippen LogP contribution is 2.27. The molecule has 398 valence electrons. The van der Waals surface area contributed by atoms with E-state index >= 15 is 0 Å². The van der Waals surface area contributed by atoms with Gasteiger partial charge in [0.25, 0.3) is 0 Å². The average molecular weight is 1340 g/mol. The molecule has 7 rings (SSSR count). The van der Waals surface area contributed by atoms with Gasteiger partial charge in [-0.1, -0.05) is 44.1 Å². The summed E-state index contributed by atoms with van der Waals surface area (Å²) in [6.45, 7) is 1.48. The van der Waals surface area contributed by atoms with E-state index in [4.69, 9.17) is 40.6 Å². The number of carbonyl (C=O) groups is 2. The Morgan fingerprint density at radius 2 is 1.17 bits per heavy atom. The van der Waals surface area contributed by atoms with Gasteiger partial charge in [0.1, 0.15) is 64.6 Å². The number of Topliss-reactive ketones (excluding diaryl/α,β-unsaturated/α-hetero) is 2. The zero-order valence-corrected chi connectivity index (χ0v) is 47.2. The number of methoxy groups -OCH3 is 3. The fraction of sp³-hybridized carbons (Fsp3) is 0.174. The Kier molecular flexibility index (Phi) is 27.2. The fourth-order valence-corrected chi connectivity index (χ4v) is 6.86. The van der Waals surface area contributed by atoms with Gasteiger partial charge in [-0.25, -0.2) is 46.8 Å². The summed E-state index contributed by atoms with van der Waals surface area (Å²) in [4.78, 5) is 49.6. The minimum Gasteiger partial charge on any atom is -0.480 e. The number of alkyl halides is 1. The number of ketones is 2. The number of nitrogens with one attached hydrogen (secondary N) is 1. The van der Waals surface area contributed by atoms with E-state index in [0.717, 1.165) is 37.7 Å². The molecule has 0 aliphatic carbocycles. The van der Waals surface area contributed by atoms with E-state index in [1.165, 1.54) is 33.5 Å². The standard InChI is InChI=1S/C15H12BrF2N3O3.C15H12BrF2N3O2.C8H5BrF2O.C7H8BrN3O2.CH3PS/c1-23-15-10(16)4-5-12(20-15)14(19)21-24-7-13(22)9-3-2-8(17)6-11(9)18;1-22-15-10(16)4-5-12(20-15)14-19-13(7-23-21-14)9-3-2-8(17)6-11(9)18;9-4-8(12)6-2-1-5(10)3-7(6)11;1-13-7-4(8)2-3-5(10-7)6(9)11-12;1-2-3/h2-6H,7H2,1H3,(H2,19,21);2-6,13H,7H2,1H3,(H,19,21);1-3H,4H2;2-3,12H,1H3,(H2,9,11);1H3. The Hall–Kier alpha value is -6.16. The first kappa shape index (κ1) is 63.1. The third kappa shape index (κ3) is 19.8. The van der Waals surface area contributed by atoms with Crippen molar-refractivity contribution in [3.63, 3.8) is 0 Å². The molecule has 1 atom stereocenters. The van der Waals surface area contributed by atoms with Crippen LogP contribution in [0.25, 0.3) is 0 Å². The molecule has 75 heavy (non-hydrogen) atoms. The van der Waals surface area contributed by atoms with Gasteiger partial charge in [-0.05, 0) is 129 Å². The smallest absolute Gasteiger partial charge is 0.228 e. The number of ether oxygens (including phenoxy) is 3. The maximum atomic E-state index is 13.9.